The lowest BCUT2D eigenvalue weighted by Crippen LogP contribution is -2.30. The molecule has 0 aromatic carbocycles. The molecule has 20 heavy (non-hydrogen) atoms. The van der Waals surface area contributed by atoms with Crippen LogP contribution in [0.15, 0.2) is 27.6 Å². The van der Waals surface area contributed by atoms with E-state index in [4.69, 9.17) is 0 Å². The zero-order valence-corrected chi connectivity index (χ0v) is 10.8. The van der Waals surface area contributed by atoms with E-state index in [9.17, 15) is 14.7 Å². The van der Waals surface area contributed by atoms with Gasteiger partial charge in [0.05, 0.1) is 6.42 Å². The second kappa shape index (κ2) is 6.11. The minimum atomic E-state index is -0.982. The number of carbonyl (C=O) groups is 1. The van der Waals surface area contributed by atoms with E-state index in [0.29, 0.717) is 17.1 Å². The van der Waals surface area contributed by atoms with Crippen LogP contribution in [0.25, 0.3) is 0 Å². The molecule has 3 N–H and O–H groups in total. The fourth-order valence-corrected chi connectivity index (χ4v) is 1.60. The van der Waals surface area contributed by atoms with Crippen LogP contribution in [-0.4, -0.2) is 32.9 Å². The van der Waals surface area contributed by atoms with Crippen molar-refractivity contribution in [2.75, 3.05) is 6.54 Å². The number of H-pyrrole nitrogens is 1. The topological polar surface area (TPSA) is 121 Å². The third-order valence-electron chi connectivity index (χ3n) is 2.72. The van der Waals surface area contributed by atoms with Gasteiger partial charge < -0.3 is 15.4 Å². The summed E-state index contributed by atoms with van der Waals surface area (Å²) in [5, 5.41) is 19.6. The summed E-state index contributed by atoms with van der Waals surface area (Å²) in [6.45, 7) is 1.67. The van der Waals surface area contributed by atoms with Gasteiger partial charge in [0.2, 0.25) is 11.5 Å². The first-order chi connectivity index (χ1) is 9.56. The highest BCUT2D eigenvalue weighted by Gasteiger charge is 2.13. The van der Waals surface area contributed by atoms with Crippen LogP contribution in [0.2, 0.25) is 0 Å². The quantitative estimate of drug-likeness (QED) is 0.675. The van der Waals surface area contributed by atoms with Crippen molar-refractivity contribution >= 4 is 5.91 Å². The third kappa shape index (κ3) is 3.51. The molecule has 106 valence electrons. The van der Waals surface area contributed by atoms with Crippen LogP contribution >= 0.6 is 0 Å². The highest BCUT2D eigenvalue weighted by atomic mass is 16.6. The highest BCUT2D eigenvalue weighted by Crippen LogP contribution is 2.06. The van der Waals surface area contributed by atoms with Crippen LogP contribution in [0.4, 0.5) is 0 Å². The zero-order chi connectivity index (χ0) is 14.5. The summed E-state index contributed by atoms with van der Waals surface area (Å²) in [7, 11) is 0. The molecule has 1 amide bonds. The van der Waals surface area contributed by atoms with Crippen LogP contribution in [-0.2, 0) is 11.2 Å². The van der Waals surface area contributed by atoms with Crippen molar-refractivity contribution in [3.63, 3.8) is 0 Å². The van der Waals surface area contributed by atoms with E-state index in [2.05, 4.69) is 25.2 Å². The molecule has 0 saturated carbocycles. The largest absolute Gasteiger partial charge is 0.385 e. The SMILES string of the molecule is Cc1nonc1CC(=O)NCC(O)c1cccc(=O)[nH]1. The van der Waals surface area contributed by atoms with E-state index in [1.165, 1.54) is 12.1 Å². The Balaban J connectivity index is 1.87. The van der Waals surface area contributed by atoms with Crippen molar-refractivity contribution in [1.82, 2.24) is 20.6 Å². The van der Waals surface area contributed by atoms with Gasteiger partial charge in [0.25, 0.3) is 0 Å². The summed E-state index contributed by atoms with van der Waals surface area (Å²) < 4.78 is 4.49. The maximum absolute atomic E-state index is 11.7. The summed E-state index contributed by atoms with van der Waals surface area (Å²) >= 11 is 0. The minimum absolute atomic E-state index is 0.0108. The second-order valence-corrected chi connectivity index (χ2v) is 4.26. The van der Waals surface area contributed by atoms with Crippen LogP contribution in [0.5, 0.6) is 0 Å². The van der Waals surface area contributed by atoms with Crippen molar-refractivity contribution in [3.8, 4) is 0 Å². The predicted molar refractivity (Wildman–Crippen MR) is 67.8 cm³/mol. The second-order valence-electron chi connectivity index (χ2n) is 4.26. The number of rotatable bonds is 5. The Morgan fingerprint density at radius 3 is 2.95 bits per heavy atom. The van der Waals surface area contributed by atoms with E-state index in [0.717, 1.165) is 0 Å². The Hall–Kier alpha value is -2.48. The van der Waals surface area contributed by atoms with Gasteiger partial charge in [0.1, 0.15) is 17.5 Å². The number of nitrogens with one attached hydrogen (secondary N) is 2. The number of pyridine rings is 1. The van der Waals surface area contributed by atoms with Gasteiger partial charge >= 0.3 is 0 Å². The Labute approximate surface area is 113 Å². The number of aromatic amines is 1. The molecule has 2 heterocycles. The average molecular weight is 278 g/mol. The summed E-state index contributed by atoms with van der Waals surface area (Å²) in [5.74, 6) is -0.318. The molecule has 1 unspecified atom stereocenters. The summed E-state index contributed by atoms with van der Waals surface area (Å²) in [5.41, 5.74) is 1.03. The van der Waals surface area contributed by atoms with E-state index >= 15 is 0 Å². The van der Waals surface area contributed by atoms with E-state index in [1.807, 2.05) is 0 Å². The van der Waals surface area contributed by atoms with E-state index in [-0.39, 0.29) is 24.4 Å². The molecule has 2 aromatic rings. The normalized spacial score (nSPS) is 12.1. The first-order valence-corrected chi connectivity index (χ1v) is 5.98. The van der Waals surface area contributed by atoms with Gasteiger partial charge in [-0.15, -0.1) is 0 Å². The van der Waals surface area contributed by atoms with Crippen LogP contribution in [0.1, 0.15) is 23.2 Å². The van der Waals surface area contributed by atoms with Crippen molar-refractivity contribution in [3.05, 3.63) is 45.6 Å². The molecule has 8 nitrogen and oxygen atoms in total. The first kappa shape index (κ1) is 13.9. The number of carbonyl (C=O) groups excluding carboxylic acids is 1. The number of hydrogen-bond acceptors (Lipinski definition) is 6. The zero-order valence-electron chi connectivity index (χ0n) is 10.8. The Morgan fingerprint density at radius 2 is 2.30 bits per heavy atom. The van der Waals surface area contributed by atoms with Gasteiger partial charge in [-0.2, -0.15) is 0 Å². The number of aliphatic hydroxyl groups excluding tert-OH is 1. The van der Waals surface area contributed by atoms with E-state index < -0.39 is 6.10 Å². The number of aliphatic hydroxyl groups is 1. The average Bonchev–Trinajstić information content (AvgIpc) is 2.81. The van der Waals surface area contributed by atoms with Crippen molar-refractivity contribution in [1.29, 1.82) is 0 Å². The molecule has 0 fully saturated rings. The number of aromatic nitrogens is 3. The standard InChI is InChI=1S/C12H14N4O4/c1-7-9(16-20-15-7)5-12(19)13-6-10(17)8-3-2-4-11(18)14-8/h2-4,10,17H,5-6H2,1H3,(H,13,19)(H,14,18). The molecule has 0 saturated heterocycles. The smallest absolute Gasteiger partial charge is 0.248 e. The summed E-state index contributed by atoms with van der Waals surface area (Å²) in [4.78, 5) is 25.3. The molecule has 8 heteroatoms. The van der Waals surface area contributed by atoms with Gasteiger partial charge in [-0.25, -0.2) is 4.63 Å². The lowest BCUT2D eigenvalue weighted by atomic mass is 10.2. The maximum Gasteiger partial charge on any atom is 0.248 e. The van der Waals surface area contributed by atoms with Gasteiger partial charge in [-0.1, -0.05) is 16.4 Å². The monoisotopic (exact) mass is 278 g/mol. The lowest BCUT2D eigenvalue weighted by Gasteiger charge is -2.11. The van der Waals surface area contributed by atoms with Gasteiger partial charge in [-0.3, -0.25) is 9.59 Å². The highest BCUT2D eigenvalue weighted by molar-refractivity contribution is 5.78. The Morgan fingerprint density at radius 1 is 1.50 bits per heavy atom. The van der Waals surface area contributed by atoms with Crippen LogP contribution in [0.3, 0.4) is 0 Å². The number of nitrogens with zero attached hydrogens (tertiary/aromatic N) is 2. The van der Waals surface area contributed by atoms with Crippen LogP contribution < -0.4 is 10.9 Å². The fraction of sp³-hybridized carbons (Fsp3) is 0.333. The summed E-state index contributed by atoms with van der Waals surface area (Å²) in [6.07, 6.45) is -0.961. The molecule has 0 aliphatic rings. The number of hydrogen-bond donors (Lipinski definition) is 3. The minimum Gasteiger partial charge on any atom is -0.385 e. The lowest BCUT2D eigenvalue weighted by molar-refractivity contribution is -0.121. The molecular weight excluding hydrogens is 264 g/mol. The molecule has 0 radical (unpaired) electrons. The van der Waals surface area contributed by atoms with Gasteiger partial charge in [0, 0.05) is 18.3 Å². The molecule has 0 aliphatic heterocycles. The number of aryl methyl sites for hydroxylation is 1. The fourth-order valence-electron chi connectivity index (χ4n) is 1.60. The molecule has 0 spiro atoms. The summed E-state index contributed by atoms with van der Waals surface area (Å²) in [6, 6.07) is 4.45. The number of amides is 1. The van der Waals surface area contributed by atoms with Crippen molar-refractivity contribution in [2.24, 2.45) is 0 Å². The Kier molecular flexibility index (Phi) is 4.26. The molecule has 2 rings (SSSR count). The van der Waals surface area contributed by atoms with Crippen LogP contribution in [0, 0.1) is 6.92 Å². The van der Waals surface area contributed by atoms with Gasteiger partial charge in [0.15, 0.2) is 0 Å². The maximum atomic E-state index is 11.7. The van der Waals surface area contributed by atoms with E-state index in [1.54, 1.807) is 13.0 Å². The molecule has 2 aromatic heterocycles. The van der Waals surface area contributed by atoms with Crippen molar-refractivity contribution < 1.29 is 14.5 Å². The first-order valence-electron chi connectivity index (χ1n) is 5.98. The molecular formula is C12H14N4O4. The molecule has 1 atom stereocenters. The molecule has 0 aliphatic carbocycles. The Bertz CT molecular complexity index is 649. The third-order valence-corrected chi connectivity index (χ3v) is 2.72. The molecule has 0 bridgehead atoms. The van der Waals surface area contributed by atoms with Crippen molar-refractivity contribution in [2.45, 2.75) is 19.4 Å². The van der Waals surface area contributed by atoms with Gasteiger partial charge in [-0.05, 0) is 13.0 Å². The predicted octanol–water partition coefficient (Wildman–Crippen LogP) is -0.541.